The van der Waals surface area contributed by atoms with Crippen LogP contribution in [0.25, 0.3) is 0 Å². The van der Waals surface area contributed by atoms with Crippen LogP contribution in [0.2, 0.25) is 0 Å². The second kappa shape index (κ2) is 10.6. The number of thiophene rings is 1. The molecule has 1 saturated heterocycles. The Kier molecular flexibility index (Phi) is 9.54. The van der Waals surface area contributed by atoms with Gasteiger partial charge in [0.2, 0.25) is 5.91 Å². The molecule has 1 aromatic rings. The van der Waals surface area contributed by atoms with Gasteiger partial charge < -0.3 is 11.1 Å². The summed E-state index contributed by atoms with van der Waals surface area (Å²) in [6.45, 7) is 4.83. The SMILES string of the molecule is CC1CCN(C(CNC(=O)C(N)CCS(C)(=O)=O)c2cccs2)CC1.Cl. The van der Waals surface area contributed by atoms with Crippen LogP contribution in [0.3, 0.4) is 0 Å². The van der Waals surface area contributed by atoms with E-state index in [-0.39, 0.29) is 36.5 Å². The fourth-order valence-corrected chi connectivity index (χ4v) is 4.57. The zero-order chi connectivity index (χ0) is 18.4. The number of rotatable bonds is 8. The van der Waals surface area contributed by atoms with E-state index in [0.29, 0.717) is 6.54 Å². The van der Waals surface area contributed by atoms with Crippen molar-refractivity contribution in [3.8, 4) is 0 Å². The monoisotopic (exact) mass is 423 g/mol. The van der Waals surface area contributed by atoms with Gasteiger partial charge in [-0.2, -0.15) is 0 Å². The second-order valence-corrected chi connectivity index (χ2v) is 10.3. The third kappa shape index (κ3) is 7.52. The van der Waals surface area contributed by atoms with Gasteiger partial charge in [-0.05, 0) is 49.7 Å². The predicted molar refractivity (Wildman–Crippen MR) is 110 cm³/mol. The van der Waals surface area contributed by atoms with Gasteiger partial charge in [0, 0.05) is 17.7 Å². The first-order valence-corrected chi connectivity index (χ1v) is 11.7. The molecule has 26 heavy (non-hydrogen) atoms. The van der Waals surface area contributed by atoms with Gasteiger partial charge in [-0.15, -0.1) is 23.7 Å². The number of amides is 1. The lowest BCUT2D eigenvalue weighted by atomic mass is 9.97. The Morgan fingerprint density at radius 2 is 2.08 bits per heavy atom. The van der Waals surface area contributed by atoms with Crippen molar-refractivity contribution < 1.29 is 13.2 Å². The van der Waals surface area contributed by atoms with Gasteiger partial charge in [0.05, 0.1) is 17.8 Å². The Morgan fingerprint density at radius 1 is 1.42 bits per heavy atom. The topological polar surface area (TPSA) is 92.5 Å². The van der Waals surface area contributed by atoms with Crippen LogP contribution in [0, 0.1) is 5.92 Å². The van der Waals surface area contributed by atoms with Crippen molar-refractivity contribution in [2.75, 3.05) is 31.6 Å². The summed E-state index contributed by atoms with van der Waals surface area (Å²) in [4.78, 5) is 15.9. The lowest BCUT2D eigenvalue weighted by Crippen LogP contribution is -2.46. The number of nitrogens with one attached hydrogen (secondary N) is 1. The van der Waals surface area contributed by atoms with E-state index in [9.17, 15) is 13.2 Å². The van der Waals surface area contributed by atoms with Gasteiger partial charge in [0.1, 0.15) is 9.84 Å². The molecule has 0 radical (unpaired) electrons. The minimum Gasteiger partial charge on any atom is -0.353 e. The highest BCUT2D eigenvalue weighted by Crippen LogP contribution is 2.29. The standard InChI is InChI=1S/C17H29N3O3S2.ClH/c1-13-5-8-20(9-6-13)15(16-4-3-10-24-16)12-19-17(21)14(18)7-11-25(2,22)23;/h3-4,10,13-15H,5-9,11-12,18H2,1-2H3,(H,19,21);1H. The molecule has 2 unspecified atom stereocenters. The van der Waals surface area contributed by atoms with E-state index in [0.717, 1.165) is 25.3 Å². The van der Waals surface area contributed by atoms with E-state index in [2.05, 4.69) is 28.6 Å². The van der Waals surface area contributed by atoms with Crippen molar-refractivity contribution in [1.29, 1.82) is 0 Å². The molecule has 0 bridgehead atoms. The number of halogens is 1. The molecule has 9 heteroatoms. The summed E-state index contributed by atoms with van der Waals surface area (Å²) < 4.78 is 22.4. The van der Waals surface area contributed by atoms with Crippen LogP contribution in [0.1, 0.15) is 37.1 Å². The molecular weight excluding hydrogens is 394 g/mol. The average Bonchev–Trinajstić information content (AvgIpc) is 3.07. The molecule has 3 N–H and O–H groups in total. The number of carbonyl (C=O) groups excluding carboxylic acids is 1. The lowest BCUT2D eigenvalue weighted by molar-refractivity contribution is -0.122. The minimum atomic E-state index is -3.11. The van der Waals surface area contributed by atoms with E-state index < -0.39 is 15.9 Å². The summed E-state index contributed by atoms with van der Waals surface area (Å²) in [5, 5.41) is 4.97. The van der Waals surface area contributed by atoms with E-state index >= 15 is 0 Å². The predicted octanol–water partition coefficient (Wildman–Crippen LogP) is 1.82. The van der Waals surface area contributed by atoms with Gasteiger partial charge in [0.15, 0.2) is 0 Å². The van der Waals surface area contributed by atoms with Crippen molar-refractivity contribution >= 4 is 39.5 Å². The number of sulfone groups is 1. The maximum atomic E-state index is 12.2. The minimum absolute atomic E-state index is 0. The summed E-state index contributed by atoms with van der Waals surface area (Å²) in [7, 11) is -3.11. The Hall–Kier alpha value is -0.670. The molecule has 150 valence electrons. The number of piperidine rings is 1. The van der Waals surface area contributed by atoms with Crippen LogP contribution in [-0.4, -0.2) is 56.9 Å². The first-order chi connectivity index (χ1) is 11.8. The van der Waals surface area contributed by atoms with E-state index in [1.807, 2.05) is 6.07 Å². The van der Waals surface area contributed by atoms with Crippen LogP contribution in [0.15, 0.2) is 17.5 Å². The summed E-state index contributed by atoms with van der Waals surface area (Å²) in [5.74, 6) is 0.398. The molecule has 1 amide bonds. The largest absolute Gasteiger partial charge is 0.353 e. The molecule has 1 aliphatic heterocycles. The number of hydrogen-bond acceptors (Lipinski definition) is 6. The average molecular weight is 424 g/mol. The Bertz CT molecular complexity index is 644. The van der Waals surface area contributed by atoms with E-state index in [1.54, 1.807) is 11.3 Å². The summed E-state index contributed by atoms with van der Waals surface area (Å²) in [6, 6.07) is 3.49. The number of nitrogens with two attached hydrogens (primary N) is 1. The third-order valence-electron chi connectivity index (χ3n) is 4.74. The number of carbonyl (C=O) groups is 1. The highest BCUT2D eigenvalue weighted by Gasteiger charge is 2.26. The van der Waals surface area contributed by atoms with Gasteiger partial charge in [-0.1, -0.05) is 13.0 Å². The van der Waals surface area contributed by atoms with Crippen molar-refractivity contribution in [2.24, 2.45) is 11.7 Å². The van der Waals surface area contributed by atoms with Gasteiger partial charge >= 0.3 is 0 Å². The summed E-state index contributed by atoms with van der Waals surface area (Å²) in [5.41, 5.74) is 5.84. The third-order valence-corrected chi connectivity index (χ3v) is 6.69. The van der Waals surface area contributed by atoms with Crippen molar-refractivity contribution in [3.05, 3.63) is 22.4 Å². The fourth-order valence-electron chi connectivity index (χ4n) is 3.03. The number of nitrogens with zero attached hydrogens (tertiary/aromatic N) is 1. The Morgan fingerprint density at radius 3 is 2.62 bits per heavy atom. The smallest absolute Gasteiger partial charge is 0.237 e. The second-order valence-electron chi connectivity index (χ2n) is 7.02. The molecule has 0 aliphatic carbocycles. The first kappa shape index (κ1) is 23.4. The molecule has 2 rings (SSSR count). The molecule has 1 aliphatic rings. The van der Waals surface area contributed by atoms with Crippen LogP contribution in [0.5, 0.6) is 0 Å². The number of likely N-dealkylation sites (tertiary alicyclic amines) is 1. The van der Waals surface area contributed by atoms with Gasteiger partial charge in [-0.3, -0.25) is 9.69 Å². The highest BCUT2D eigenvalue weighted by molar-refractivity contribution is 7.90. The Balaban J connectivity index is 0.00000338. The summed E-state index contributed by atoms with van der Waals surface area (Å²) in [6.07, 6.45) is 3.64. The molecule has 2 atom stereocenters. The number of hydrogen-bond donors (Lipinski definition) is 2. The maximum absolute atomic E-state index is 12.2. The molecule has 1 aromatic heterocycles. The molecule has 0 aromatic carbocycles. The lowest BCUT2D eigenvalue weighted by Gasteiger charge is -2.36. The van der Waals surface area contributed by atoms with Gasteiger partial charge in [-0.25, -0.2) is 8.42 Å². The van der Waals surface area contributed by atoms with E-state index in [4.69, 9.17) is 5.73 Å². The van der Waals surface area contributed by atoms with Crippen molar-refractivity contribution in [1.82, 2.24) is 10.2 Å². The summed E-state index contributed by atoms with van der Waals surface area (Å²) >= 11 is 1.70. The molecular formula is C17H30ClN3O3S2. The molecule has 2 heterocycles. The quantitative estimate of drug-likeness (QED) is 0.665. The van der Waals surface area contributed by atoms with Crippen LogP contribution >= 0.6 is 23.7 Å². The van der Waals surface area contributed by atoms with E-state index in [1.165, 1.54) is 17.7 Å². The normalized spacial score (nSPS) is 18.7. The zero-order valence-electron chi connectivity index (χ0n) is 15.4. The molecule has 6 nitrogen and oxygen atoms in total. The highest BCUT2D eigenvalue weighted by atomic mass is 35.5. The first-order valence-electron chi connectivity index (χ1n) is 8.74. The van der Waals surface area contributed by atoms with Gasteiger partial charge in [0.25, 0.3) is 0 Å². The molecule has 1 fully saturated rings. The van der Waals surface area contributed by atoms with Crippen LogP contribution in [-0.2, 0) is 14.6 Å². The van der Waals surface area contributed by atoms with Crippen molar-refractivity contribution in [3.63, 3.8) is 0 Å². The van der Waals surface area contributed by atoms with Crippen molar-refractivity contribution in [2.45, 2.75) is 38.3 Å². The Labute approximate surface area is 166 Å². The van der Waals surface area contributed by atoms with Crippen LogP contribution in [0.4, 0.5) is 0 Å². The molecule has 0 saturated carbocycles. The van der Waals surface area contributed by atoms with Crippen LogP contribution < -0.4 is 11.1 Å². The molecule has 0 spiro atoms. The zero-order valence-corrected chi connectivity index (χ0v) is 17.8. The maximum Gasteiger partial charge on any atom is 0.237 e. The fraction of sp³-hybridized carbons (Fsp3) is 0.706.